The van der Waals surface area contributed by atoms with Crippen LogP contribution in [0.25, 0.3) is 0 Å². The molecule has 0 atom stereocenters. The maximum absolute atomic E-state index is 12.1. The molecule has 0 heterocycles. The quantitative estimate of drug-likeness (QED) is 0.823. The van der Waals surface area contributed by atoms with Crippen molar-refractivity contribution in [1.29, 1.82) is 0 Å². The molecule has 0 bridgehead atoms. The SMILES string of the molecule is CNc1ccc(OC(F)(F)Cl)cc1.Cl. The van der Waals surface area contributed by atoms with Gasteiger partial charge in [0.15, 0.2) is 0 Å². The van der Waals surface area contributed by atoms with E-state index < -0.39 is 5.57 Å². The van der Waals surface area contributed by atoms with E-state index in [9.17, 15) is 8.78 Å². The average molecular weight is 244 g/mol. The second-order valence-electron chi connectivity index (χ2n) is 2.32. The van der Waals surface area contributed by atoms with Gasteiger partial charge in [-0.3, -0.25) is 0 Å². The van der Waals surface area contributed by atoms with Crippen molar-refractivity contribution in [3.8, 4) is 5.75 Å². The Labute approximate surface area is 91.6 Å². The summed E-state index contributed by atoms with van der Waals surface area (Å²) < 4.78 is 28.3. The molecule has 1 N–H and O–H groups in total. The highest BCUT2D eigenvalue weighted by atomic mass is 35.5. The molecule has 1 aromatic carbocycles. The van der Waals surface area contributed by atoms with E-state index in [1.165, 1.54) is 12.1 Å². The molecule has 0 saturated carbocycles. The zero-order valence-electron chi connectivity index (χ0n) is 7.26. The summed E-state index contributed by atoms with van der Waals surface area (Å²) in [5.74, 6) is 0.0269. The van der Waals surface area contributed by atoms with Crippen LogP contribution in [-0.4, -0.2) is 12.6 Å². The van der Waals surface area contributed by atoms with Gasteiger partial charge >= 0.3 is 5.57 Å². The van der Waals surface area contributed by atoms with E-state index in [-0.39, 0.29) is 18.2 Å². The third-order valence-corrected chi connectivity index (χ3v) is 1.45. The summed E-state index contributed by atoms with van der Waals surface area (Å²) in [5, 5.41) is 2.84. The number of anilines is 1. The molecule has 6 heteroatoms. The molecule has 0 unspecified atom stereocenters. The summed E-state index contributed by atoms with van der Waals surface area (Å²) in [6, 6.07) is 6.03. The topological polar surface area (TPSA) is 21.3 Å². The van der Waals surface area contributed by atoms with Crippen molar-refractivity contribution in [2.24, 2.45) is 0 Å². The fourth-order valence-electron chi connectivity index (χ4n) is 0.823. The second kappa shape index (κ2) is 5.22. The van der Waals surface area contributed by atoms with Gasteiger partial charge in [-0.05, 0) is 24.3 Å². The molecular formula is C8H9Cl2F2NO. The summed E-state index contributed by atoms with van der Waals surface area (Å²) in [6.45, 7) is 0. The van der Waals surface area contributed by atoms with Crippen LogP contribution in [-0.2, 0) is 0 Å². The molecule has 0 radical (unpaired) electrons. The lowest BCUT2D eigenvalue weighted by atomic mass is 10.3. The van der Waals surface area contributed by atoms with Crippen molar-refractivity contribution < 1.29 is 13.5 Å². The lowest BCUT2D eigenvalue weighted by Gasteiger charge is -2.10. The third kappa shape index (κ3) is 4.48. The zero-order valence-corrected chi connectivity index (χ0v) is 8.83. The van der Waals surface area contributed by atoms with Gasteiger partial charge in [0, 0.05) is 24.3 Å². The van der Waals surface area contributed by atoms with Crippen molar-refractivity contribution in [3.05, 3.63) is 24.3 Å². The summed E-state index contributed by atoms with van der Waals surface area (Å²) >= 11 is 4.57. The van der Waals surface area contributed by atoms with E-state index in [1.54, 1.807) is 19.2 Å². The van der Waals surface area contributed by atoms with Gasteiger partial charge in [-0.15, -0.1) is 21.2 Å². The van der Waals surface area contributed by atoms with Gasteiger partial charge in [0.05, 0.1) is 0 Å². The van der Waals surface area contributed by atoms with E-state index in [0.29, 0.717) is 0 Å². The molecule has 0 aliphatic carbocycles. The highest BCUT2D eigenvalue weighted by molar-refractivity contribution is 6.20. The van der Waals surface area contributed by atoms with Crippen LogP contribution in [0.3, 0.4) is 0 Å². The summed E-state index contributed by atoms with van der Waals surface area (Å²) in [4.78, 5) is 0. The maximum Gasteiger partial charge on any atom is 0.487 e. The fourth-order valence-corrected chi connectivity index (χ4v) is 0.912. The smallest absolute Gasteiger partial charge is 0.420 e. The Kier molecular flexibility index (Phi) is 4.94. The van der Waals surface area contributed by atoms with Crippen molar-refractivity contribution in [2.75, 3.05) is 12.4 Å². The fraction of sp³-hybridized carbons (Fsp3) is 0.250. The van der Waals surface area contributed by atoms with Gasteiger partial charge in [-0.1, -0.05) is 0 Å². The largest absolute Gasteiger partial charge is 0.487 e. The number of halogens is 4. The highest BCUT2D eigenvalue weighted by Crippen LogP contribution is 2.25. The minimum atomic E-state index is -3.65. The Hall–Kier alpha value is -0.740. The van der Waals surface area contributed by atoms with E-state index in [1.807, 2.05) is 0 Å². The Balaban J connectivity index is 0.00000169. The molecule has 14 heavy (non-hydrogen) atoms. The van der Waals surface area contributed by atoms with Crippen LogP contribution in [0.4, 0.5) is 14.5 Å². The van der Waals surface area contributed by atoms with Crippen LogP contribution in [0.2, 0.25) is 0 Å². The molecule has 1 rings (SSSR count). The number of alkyl halides is 3. The number of hydrogen-bond acceptors (Lipinski definition) is 2. The number of ether oxygens (including phenoxy) is 1. The highest BCUT2D eigenvalue weighted by Gasteiger charge is 2.27. The molecule has 0 aromatic heterocycles. The van der Waals surface area contributed by atoms with Gasteiger partial charge in [0.1, 0.15) is 5.75 Å². The van der Waals surface area contributed by atoms with Crippen LogP contribution < -0.4 is 10.1 Å². The van der Waals surface area contributed by atoms with Gasteiger partial charge < -0.3 is 10.1 Å². The minimum Gasteiger partial charge on any atom is -0.420 e. The standard InChI is InChI=1S/C8H8ClF2NO.ClH/c1-12-6-2-4-7(5-3-6)13-8(9,10)11;/h2-5,12H,1H3;1H. The number of rotatable bonds is 3. The van der Waals surface area contributed by atoms with Crippen LogP contribution in [0, 0.1) is 0 Å². The van der Waals surface area contributed by atoms with E-state index in [0.717, 1.165) is 5.69 Å². The summed E-state index contributed by atoms with van der Waals surface area (Å²) in [7, 11) is 1.73. The molecule has 0 spiro atoms. The summed E-state index contributed by atoms with van der Waals surface area (Å²) in [6.07, 6.45) is 0. The normalized spacial score (nSPS) is 10.3. The van der Waals surface area contributed by atoms with E-state index in [4.69, 9.17) is 0 Å². The second-order valence-corrected chi connectivity index (χ2v) is 2.76. The molecule has 2 nitrogen and oxygen atoms in total. The first-order valence-electron chi connectivity index (χ1n) is 3.55. The molecule has 0 saturated heterocycles. The van der Waals surface area contributed by atoms with Crippen LogP contribution >= 0.6 is 24.0 Å². The van der Waals surface area contributed by atoms with E-state index >= 15 is 0 Å². The molecule has 0 aliphatic rings. The van der Waals surface area contributed by atoms with Gasteiger partial charge in [-0.25, -0.2) is 0 Å². The Bertz CT molecular complexity index is 274. The Morgan fingerprint density at radius 2 is 1.79 bits per heavy atom. The first-order valence-corrected chi connectivity index (χ1v) is 3.92. The predicted molar refractivity (Wildman–Crippen MR) is 54.7 cm³/mol. The molecular weight excluding hydrogens is 235 g/mol. The Morgan fingerprint density at radius 3 is 2.14 bits per heavy atom. The van der Waals surface area contributed by atoms with Crippen LogP contribution in [0.5, 0.6) is 5.75 Å². The first-order chi connectivity index (χ1) is 6.01. The van der Waals surface area contributed by atoms with Gasteiger partial charge in [-0.2, -0.15) is 0 Å². The Morgan fingerprint density at radius 1 is 1.29 bits per heavy atom. The molecule has 0 amide bonds. The maximum atomic E-state index is 12.1. The van der Waals surface area contributed by atoms with Gasteiger partial charge in [0.25, 0.3) is 0 Å². The molecule has 1 aromatic rings. The monoisotopic (exact) mass is 243 g/mol. The average Bonchev–Trinajstić information content (AvgIpc) is 2.03. The first kappa shape index (κ1) is 13.3. The number of hydrogen-bond donors (Lipinski definition) is 1. The van der Waals surface area contributed by atoms with Gasteiger partial charge in [0.2, 0.25) is 0 Å². The summed E-state index contributed by atoms with van der Waals surface area (Å²) in [5.41, 5.74) is -2.84. The predicted octanol–water partition coefficient (Wildman–Crippen LogP) is 3.32. The lowest BCUT2D eigenvalue weighted by molar-refractivity contribution is -0.0964. The minimum absolute atomic E-state index is 0. The van der Waals surface area contributed by atoms with Crippen LogP contribution in [0.15, 0.2) is 24.3 Å². The third-order valence-electron chi connectivity index (χ3n) is 1.38. The van der Waals surface area contributed by atoms with Crippen molar-refractivity contribution in [2.45, 2.75) is 5.57 Å². The molecule has 0 aliphatic heterocycles. The van der Waals surface area contributed by atoms with Crippen LogP contribution in [0.1, 0.15) is 0 Å². The number of nitrogens with one attached hydrogen (secondary N) is 1. The van der Waals surface area contributed by atoms with Crippen molar-refractivity contribution >= 4 is 29.7 Å². The lowest BCUT2D eigenvalue weighted by Crippen LogP contribution is -2.15. The zero-order chi connectivity index (χ0) is 9.90. The number of benzene rings is 1. The van der Waals surface area contributed by atoms with E-state index in [2.05, 4.69) is 21.7 Å². The molecule has 0 fully saturated rings. The van der Waals surface area contributed by atoms with Crippen molar-refractivity contribution in [1.82, 2.24) is 0 Å². The molecule has 80 valence electrons. The van der Waals surface area contributed by atoms with Crippen molar-refractivity contribution in [3.63, 3.8) is 0 Å².